The van der Waals surface area contributed by atoms with E-state index in [0.717, 1.165) is 11.1 Å². The zero-order valence-corrected chi connectivity index (χ0v) is 44.0. The average Bonchev–Trinajstić information content (AvgIpc) is 3.34. The van der Waals surface area contributed by atoms with Crippen molar-refractivity contribution in [1.82, 2.24) is 39.5 Å². The monoisotopic (exact) mass is 1060 g/mol. The first-order valence-electron chi connectivity index (χ1n) is 23.5. The van der Waals surface area contributed by atoms with E-state index in [2.05, 4.69) is 58.4 Å². The van der Waals surface area contributed by atoms with Crippen LogP contribution in [0.2, 0.25) is 15.1 Å². The average molecular weight is 1060 g/mol. The summed E-state index contributed by atoms with van der Waals surface area (Å²) in [7, 11) is 3.24. The lowest BCUT2D eigenvalue weighted by Gasteiger charge is -2.45. The predicted octanol–water partition coefficient (Wildman–Crippen LogP) is 6.00. The van der Waals surface area contributed by atoms with Gasteiger partial charge in [-0.2, -0.15) is 0 Å². The molecule has 4 aromatic heterocycles. The molecule has 0 unspecified atom stereocenters. The van der Waals surface area contributed by atoms with E-state index in [1.165, 1.54) is 27.5 Å². The highest BCUT2D eigenvalue weighted by Crippen LogP contribution is 2.30. The Morgan fingerprint density at radius 2 is 1.05 bits per heavy atom. The molecule has 0 aliphatic carbocycles. The van der Waals surface area contributed by atoms with Crippen molar-refractivity contribution in [2.75, 3.05) is 72.0 Å². The van der Waals surface area contributed by atoms with Gasteiger partial charge in [-0.25, -0.2) is 9.97 Å². The fourth-order valence-corrected chi connectivity index (χ4v) is 8.69. The van der Waals surface area contributed by atoms with Crippen LogP contribution in [0.5, 0.6) is 0 Å². The number of aromatic nitrogens is 4. The third-order valence-corrected chi connectivity index (χ3v) is 12.7. The number of hydrogen-bond donors (Lipinski definition) is 4. The fraction of sp³-hybridized carbons (Fsp3) is 0.385. The minimum atomic E-state index is -0.589. The van der Waals surface area contributed by atoms with Gasteiger partial charge in [0.1, 0.15) is 35.5 Å². The number of nitrogens with one attached hydrogen (secondary N) is 3. The molecule has 0 saturated carbocycles. The van der Waals surface area contributed by atoms with E-state index in [-0.39, 0.29) is 65.6 Å². The summed E-state index contributed by atoms with van der Waals surface area (Å²) < 4.78 is 12.2. The largest absolute Gasteiger partial charge is 0.383 e. The van der Waals surface area contributed by atoms with Gasteiger partial charge in [-0.1, -0.05) is 86.8 Å². The van der Waals surface area contributed by atoms with Crippen molar-refractivity contribution in [2.24, 2.45) is 16.6 Å². The van der Waals surface area contributed by atoms with Gasteiger partial charge in [-0.05, 0) is 70.5 Å². The number of rotatable bonds is 16. The Labute approximate surface area is 438 Å². The maximum absolute atomic E-state index is 13.5. The number of methoxy groups -OCH3 is 2. The molecule has 8 rings (SSSR count). The van der Waals surface area contributed by atoms with Crippen LogP contribution in [0.25, 0.3) is 22.1 Å². The maximum Gasteiger partial charge on any atom is 0.265 e. The standard InChI is InChI=1S/C26H30ClN5O4.C23H22Cl2N4O3.C3H9NO/c1-26(2)15-31(16-26)22(33)14-32-23-19(21(8-9-29-23)28-10-11-36-3)12-20(25(32)35)24(34)30-13-17-4-6-18(27)7-5-17;1-23(2)12-28(13-23)19(30)11-29-20-16(18(25)7-8-26-20)9-17(22(29)32)21(31)27-10-14-3-5-15(24)6-4-14;1-5-3-2-4/h4-9,12H,10-11,13-16H2,1-3H3,(H,28,29)(H,30,34);3-9H,10-13H2,1-2H3,(H,27,31);2-4H2,1H3. The predicted molar refractivity (Wildman–Crippen MR) is 284 cm³/mol. The molecule has 2 fully saturated rings. The third-order valence-electron chi connectivity index (χ3n) is 11.9. The lowest BCUT2D eigenvalue weighted by Crippen LogP contribution is -2.56. The summed E-state index contributed by atoms with van der Waals surface area (Å²) in [5, 5.41) is 11.3. The second-order valence-corrected chi connectivity index (χ2v) is 20.5. The normalized spacial score (nSPS) is 14.2. The first-order chi connectivity index (χ1) is 34.7. The van der Waals surface area contributed by atoms with Crippen LogP contribution in [0.3, 0.4) is 0 Å². The highest BCUT2D eigenvalue weighted by atomic mass is 35.5. The number of ether oxygens (including phenoxy) is 2. The van der Waals surface area contributed by atoms with E-state index < -0.39 is 22.9 Å². The molecule has 4 amide bonds. The van der Waals surface area contributed by atoms with Gasteiger partial charge in [0.25, 0.3) is 22.9 Å². The van der Waals surface area contributed by atoms with Gasteiger partial charge in [0, 0.05) is 105 Å². The summed E-state index contributed by atoms with van der Waals surface area (Å²) >= 11 is 18.2. The zero-order valence-electron chi connectivity index (χ0n) is 41.7. The van der Waals surface area contributed by atoms with Crippen molar-refractivity contribution in [3.05, 3.63) is 143 Å². The third kappa shape index (κ3) is 14.6. The number of fused-ring (bicyclic) bond motifs is 2. The molecular formula is C52H61Cl3N10O8. The summed E-state index contributed by atoms with van der Waals surface area (Å²) in [4.78, 5) is 90.5. The van der Waals surface area contributed by atoms with Gasteiger partial charge < -0.3 is 41.0 Å². The summed E-state index contributed by atoms with van der Waals surface area (Å²) in [6.07, 6.45) is 3.04. The summed E-state index contributed by atoms with van der Waals surface area (Å²) in [5.74, 6) is -1.47. The highest BCUT2D eigenvalue weighted by molar-refractivity contribution is 6.35. The van der Waals surface area contributed by atoms with Gasteiger partial charge >= 0.3 is 0 Å². The van der Waals surface area contributed by atoms with E-state index in [0.29, 0.717) is 89.7 Å². The second kappa shape index (κ2) is 25.0. The molecule has 5 N–H and O–H groups in total. The van der Waals surface area contributed by atoms with Gasteiger partial charge in [-0.3, -0.25) is 37.9 Å². The van der Waals surface area contributed by atoms with Crippen molar-refractivity contribution >= 4 is 86.2 Å². The Hall–Kier alpha value is -6.41. The fourth-order valence-electron chi connectivity index (χ4n) is 8.24. The van der Waals surface area contributed by atoms with Crippen molar-refractivity contribution in [2.45, 2.75) is 53.9 Å². The number of likely N-dealkylation sites (tertiary alicyclic amines) is 2. The van der Waals surface area contributed by atoms with Crippen LogP contribution in [0.4, 0.5) is 5.69 Å². The zero-order chi connectivity index (χ0) is 53.0. The van der Waals surface area contributed by atoms with E-state index in [4.69, 9.17) is 45.3 Å². The van der Waals surface area contributed by atoms with E-state index in [1.54, 1.807) is 90.9 Å². The number of nitrogens with zero attached hydrogens (tertiary/aromatic N) is 6. The Morgan fingerprint density at radius 1 is 0.630 bits per heavy atom. The molecule has 21 heteroatoms. The van der Waals surface area contributed by atoms with Crippen LogP contribution >= 0.6 is 34.8 Å². The molecule has 2 aliphatic heterocycles. The number of pyridine rings is 4. The number of carbonyl (C=O) groups excluding carboxylic acids is 4. The van der Waals surface area contributed by atoms with Crippen molar-refractivity contribution < 1.29 is 28.7 Å². The Kier molecular flexibility index (Phi) is 19.2. The lowest BCUT2D eigenvalue weighted by atomic mass is 9.84. The number of anilines is 1. The topological polar surface area (TPSA) is 225 Å². The van der Waals surface area contributed by atoms with Crippen LogP contribution < -0.4 is 32.8 Å². The smallest absolute Gasteiger partial charge is 0.265 e. The molecule has 0 radical (unpaired) electrons. The second-order valence-electron chi connectivity index (χ2n) is 19.2. The maximum atomic E-state index is 13.5. The number of hydrogen-bond acceptors (Lipinski definition) is 12. The highest BCUT2D eigenvalue weighted by Gasteiger charge is 2.38. The number of nitrogens with two attached hydrogens (primary N) is 1. The molecule has 2 saturated heterocycles. The van der Waals surface area contributed by atoms with Crippen LogP contribution in [0, 0.1) is 10.8 Å². The lowest BCUT2D eigenvalue weighted by molar-refractivity contribution is -0.142. The quantitative estimate of drug-likeness (QED) is 0.0820. The van der Waals surface area contributed by atoms with Crippen LogP contribution in [0.1, 0.15) is 59.5 Å². The van der Waals surface area contributed by atoms with E-state index >= 15 is 0 Å². The SMILES string of the molecule is CC1(C)CN(C(=O)Cn2c(=O)c(C(=O)NCc3ccc(Cl)cc3)cc3c(Cl)ccnc32)C1.COCCN.COCCNc1ccnc2c1cc(C(=O)NCc1ccc(Cl)cc1)c(=O)n2CC(=O)N1CC(C)(C)C1. The number of amides is 4. The van der Waals surface area contributed by atoms with Crippen LogP contribution in [-0.2, 0) is 45.2 Å². The first-order valence-corrected chi connectivity index (χ1v) is 24.6. The molecule has 2 aliphatic rings. The Morgan fingerprint density at radius 3 is 1.47 bits per heavy atom. The summed E-state index contributed by atoms with van der Waals surface area (Å²) in [6, 6.07) is 20.4. The molecule has 0 bridgehead atoms. The van der Waals surface area contributed by atoms with Gasteiger partial charge in [-0.15, -0.1) is 0 Å². The van der Waals surface area contributed by atoms with E-state index in [9.17, 15) is 28.8 Å². The molecule has 6 heterocycles. The molecule has 388 valence electrons. The molecule has 0 spiro atoms. The molecule has 6 aromatic rings. The Bertz CT molecular complexity index is 3060. The summed E-state index contributed by atoms with van der Waals surface area (Å²) in [6.45, 7) is 13.1. The molecular weight excluding hydrogens is 999 g/mol. The number of benzene rings is 2. The minimum Gasteiger partial charge on any atom is -0.383 e. The van der Waals surface area contributed by atoms with Crippen LogP contribution in [0.15, 0.2) is 94.8 Å². The van der Waals surface area contributed by atoms with Gasteiger partial charge in [0.15, 0.2) is 0 Å². The van der Waals surface area contributed by atoms with Crippen molar-refractivity contribution in [3.8, 4) is 0 Å². The first kappa shape index (κ1) is 55.9. The Balaban J connectivity index is 0.000000219. The number of halogens is 3. The van der Waals surface area contributed by atoms with Gasteiger partial charge in [0.05, 0.1) is 18.2 Å². The van der Waals surface area contributed by atoms with Crippen molar-refractivity contribution in [3.63, 3.8) is 0 Å². The van der Waals surface area contributed by atoms with E-state index in [1.807, 2.05) is 0 Å². The number of carbonyl (C=O) groups is 4. The molecule has 0 atom stereocenters. The van der Waals surface area contributed by atoms with Crippen LogP contribution in [-0.4, -0.2) is 119 Å². The molecule has 73 heavy (non-hydrogen) atoms. The van der Waals surface area contributed by atoms with Crippen molar-refractivity contribution in [1.29, 1.82) is 0 Å². The molecule has 2 aromatic carbocycles. The summed E-state index contributed by atoms with van der Waals surface area (Å²) in [5.41, 5.74) is 6.79. The molecule has 18 nitrogen and oxygen atoms in total. The minimum absolute atomic E-state index is 0.0583. The van der Waals surface area contributed by atoms with Gasteiger partial charge in [0.2, 0.25) is 11.8 Å².